The first kappa shape index (κ1) is 27.9. The summed E-state index contributed by atoms with van der Waals surface area (Å²) in [6.45, 7) is 5.54. The van der Waals surface area contributed by atoms with Gasteiger partial charge in [0.1, 0.15) is 12.6 Å². The highest BCUT2D eigenvalue weighted by Gasteiger charge is 2.33. The number of benzene rings is 3. The summed E-state index contributed by atoms with van der Waals surface area (Å²) in [5.41, 5.74) is 3.32. The van der Waals surface area contributed by atoms with Crippen LogP contribution in [0.15, 0.2) is 83.8 Å². The standard InChI is InChI=1S/C29H35N3O4S/c1-5-23-16-18-25(19-17-23)32(37(35,36)26-14-8-7-9-15-26)21-28(33)31(27(6-2)29(34)30-4)20-24-13-11-10-12-22(24)3/h7-19,27H,5-6,20-21H2,1-4H3,(H,30,34)/t27-/m1/s1. The molecule has 196 valence electrons. The molecule has 0 unspecified atom stereocenters. The van der Waals surface area contributed by atoms with E-state index in [0.717, 1.165) is 27.4 Å². The van der Waals surface area contributed by atoms with Crippen LogP contribution in [0.5, 0.6) is 0 Å². The van der Waals surface area contributed by atoms with Crippen LogP contribution in [0.2, 0.25) is 0 Å². The number of hydrogen-bond donors (Lipinski definition) is 1. The van der Waals surface area contributed by atoms with Gasteiger partial charge in [-0.3, -0.25) is 13.9 Å². The summed E-state index contributed by atoms with van der Waals surface area (Å²) < 4.78 is 28.7. The average molecular weight is 522 g/mol. The molecule has 0 fully saturated rings. The van der Waals surface area contributed by atoms with Gasteiger partial charge in [-0.1, -0.05) is 68.4 Å². The van der Waals surface area contributed by atoms with Gasteiger partial charge >= 0.3 is 0 Å². The van der Waals surface area contributed by atoms with E-state index < -0.39 is 28.5 Å². The van der Waals surface area contributed by atoms with E-state index in [1.807, 2.05) is 57.2 Å². The number of carbonyl (C=O) groups excluding carboxylic acids is 2. The Bertz CT molecular complexity index is 1310. The second kappa shape index (κ2) is 12.5. The van der Waals surface area contributed by atoms with Crippen LogP contribution in [-0.2, 0) is 32.6 Å². The third-order valence-corrected chi connectivity index (χ3v) is 8.26. The number of nitrogens with one attached hydrogen (secondary N) is 1. The van der Waals surface area contributed by atoms with Crippen molar-refractivity contribution in [1.82, 2.24) is 10.2 Å². The maximum atomic E-state index is 13.9. The van der Waals surface area contributed by atoms with E-state index in [1.165, 1.54) is 24.1 Å². The SMILES string of the molecule is CCc1ccc(N(CC(=O)N(Cc2ccccc2C)[C@H](CC)C(=O)NC)S(=O)(=O)c2ccccc2)cc1. The Kier molecular flexibility index (Phi) is 9.47. The Labute approximate surface area is 220 Å². The predicted molar refractivity (Wildman–Crippen MR) is 147 cm³/mol. The lowest BCUT2D eigenvalue weighted by atomic mass is 10.1. The highest BCUT2D eigenvalue weighted by atomic mass is 32.2. The molecule has 0 saturated heterocycles. The maximum Gasteiger partial charge on any atom is 0.264 e. The largest absolute Gasteiger partial charge is 0.357 e. The molecule has 2 amide bonds. The number of rotatable bonds is 11. The molecule has 0 aliphatic heterocycles. The fourth-order valence-electron chi connectivity index (χ4n) is 4.20. The van der Waals surface area contributed by atoms with Crippen molar-refractivity contribution in [2.24, 2.45) is 0 Å². The number of sulfonamides is 1. The molecule has 0 radical (unpaired) electrons. The average Bonchev–Trinajstić information content (AvgIpc) is 2.92. The van der Waals surface area contributed by atoms with Crippen LogP contribution in [0.3, 0.4) is 0 Å². The van der Waals surface area contributed by atoms with Gasteiger partial charge in [-0.15, -0.1) is 0 Å². The molecule has 3 rings (SSSR count). The Hall–Kier alpha value is -3.65. The third-order valence-electron chi connectivity index (χ3n) is 6.48. The molecule has 1 N–H and O–H groups in total. The summed E-state index contributed by atoms with van der Waals surface area (Å²) >= 11 is 0. The lowest BCUT2D eigenvalue weighted by Crippen LogP contribution is -2.51. The Morgan fingerprint density at radius 1 is 0.892 bits per heavy atom. The summed E-state index contributed by atoms with van der Waals surface area (Å²) in [6.07, 6.45) is 1.19. The van der Waals surface area contributed by atoms with E-state index in [1.54, 1.807) is 30.3 Å². The minimum atomic E-state index is -4.06. The quantitative estimate of drug-likeness (QED) is 0.408. The second-order valence-corrected chi connectivity index (χ2v) is 10.7. The molecule has 7 nitrogen and oxygen atoms in total. The van der Waals surface area contributed by atoms with Gasteiger partial charge in [-0.05, 0) is 60.7 Å². The molecule has 1 atom stereocenters. The minimum absolute atomic E-state index is 0.0890. The molecule has 0 aliphatic carbocycles. The van der Waals surface area contributed by atoms with Gasteiger partial charge < -0.3 is 10.2 Å². The van der Waals surface area contributed by atoms with Gasteiger partial charge in [-0.25, -0.2) is 8.42 Å². The van der Waals surface area contributed by atoms with Gasteiger partial charge in [0.15, 0.2) is 0 Å². The van der Waals surface area contributed by atoms with Crippen LogP contribution in [0.4, 0.5) is 5.69 Å². The number of hydrogen-bond acceptors (Lipinski definition) is 4. The van der Waals surface area contributed by atoms with Crippen LogP contribution < -0.4 is 9.62 Å². The van der Waals surface area contributed by atoms with E-state index in [4.69, 9.17) is 0 Å². The topological polar surface area (TPSA) is 86.8 Å². The van der Waals surface area contributed by atoms with E-state index in [0.29, 0.717) is 12.1 Å². The zero-order chi connectivity index (χ0) is 27.0. The lowest BCUT2D eigenvalue weighted by Gasteiger charge is -2.33. The molecular formula is C29H35N3O4S. The Morgan fingerprint density at radius 3 is 2.08 bits per heavy atom. The maximum absolute atomic E-state index is 13.9. The monoisotopic (exact) mass is 521 g/mol. The van der Waals surface area contributed by atoms with E-state index >= 15 is 0 Å². The van der Waals surface area contributed by atoms with Gasteiger partial charge in [0.25, 0.3) is 10.0 Å². The number of nitrogens with zero attached hydrogens (tertiary/aromatic N) is 2. The fourth-order valence-corrected chi connectivity index (χ4v) is 5.64. The van der Waals surface area contributed by atoms with Crippen molar-refractivity contribution in [1.29, 1.82) is 0 Å². The molecule has 0 spiro atoms. The van der Waals surface area contributed by atoms with Crippen molar-refractivity contribution in [2.75, 3.05) is 17.9 Å². The first-order valence-electron chi connectivity index (χ1n) is 12.4. The van der Waals surface area contributed by atoms with Gasteiger partial charge in [0, 0.05) is 13.6 Å². The molecule has 0 aromatic heterocycles. The highest BCUT2D eigenvalue weighted by molar-refractivity contribution is 7.92. The minimum Gasteiger partial charge on any atom is -0.357 e. The smallest absolute Gasteiger partial charge is 0.264 e. The molecule has 0 heterocycles. The van der Waals surface area contributed by atoms with Crippen LogP contribution in [0, 0.1) is 6.92 Å². The zero-order valence-corrected chi connectivity index (χ0v) is 22.7. The van der Waals surface area contributed by atoms with Crippen LogP contribution >= 0.6 is 0 Å². The van der Waals surface area contributed by atoms with Crippen molar-refractivity contribution in [3.63, 3.8) is 0 Å². The number of anilines is 1. The lowest BCUT2D eigenvalue weighted by molar-refractivity contribution is -0.140. The van der Waals surface area contributed by atoms with Crippen molar-refractivity contribution < 1.29 is 18.0 Å². The number of aryl methyl sites for hydroxylation is 2. The highest BCUT2D eigenvalue weighted by Crippen LogP contribution is 2.25. The summed E-state index contributed by atoms with van der Waals surface area (Å²) in [6, 6.07) is 22.1. The zero-order valence-electron chi connectivity index (χ0n) is 21.8. The van der Waals surface area contributed by atoms with Gasteiger partial charge in [-0.2, -0.15) is 0 Å². The Morgan fingerprint density at radius 2 is 1.51 bits per heavy atom. The van der Waals surface area contributed by atoms with Crippen molar-refractivity contribution in [2.45, 2.75) is 51.1 Å². The summed E-state index contributed by atoms with van der Waals surface area (Å²) in [5, 5.41) is 2.64. The van der Waals surface area contributed by atoms with Crippen LogP contribution in [-0.4, -0.2) is 44.8 Å². The van der Waals surface area contributed by atoms with Crippen LogP contribution in [0.25, 0.3) is 0 Å². The number of carbonyl (C=O) groups is 2. The van der Waals surface area contributed by atoms with E-state index in [2.05, 4.69) is 5.32 Å². The summed E-state index contributed by atoms with van der Waals surface area (Å²) in [4.78, 5) is 28.2. The molecule has 8 heteroatoms. The van der Waals surface area contributed by atoms with E-state index in [-0.39, 0.29) is 17.3 Å². The fraction of sp³-hybridized carbons (Fsp3) is 0.310. The van der Waals surface area contributed by atoms with Crippen molar-refractivity contribution in [3.8, 4) is 0 Å². The molecule has 0 saturated carbocycles. The molecular weight excluding hydrogens is 486 g/mol. The molecule has 37 heavy (non-hydrogen) atoms. The first-order chi connectivity index (χ1) is 17.7. The molecule has 3 aromatic rings. The van der Waals surface area contributed by atoms with Crippen LogP contribution in [0.1, 0.15) is 37.0 Å². The predicted octanol–water partition coefficient (Wildman–Crippen LogP) is 4.31. The summed E-state index contributed by atoms with van der Waals surface area (Å²) in [7, 11) is -2.53. The first-order valence-corrected chi connectivity index (χ1v) is 13.9. The molecule has 0 bridgehead atoms. The van der Waals surface area contributed by atoms with Crippen molar-refractivity contribution >= 4 is 27.5 Å². The van der Waals surface area contributed by atoms with Crippen molar-refractivity contribution in [3.05, 3.63) is 95.6 Å². The molecule has 3 aromatic carbocycles. The van der Waals surface area contributed by atoms with E-state index in [9.17, 15) is 18.0 Å². The van der Waals surface area contributed by atoms with Gasteiger partial charge in [0.2, 0.25) is 11.8 Å². The number of amides is 2. The van der Waals surface area contributed by atoms with Gasteiger partial charge in [0.05, 0.1) is 10.6 Å². The summed E-state index contributed by atoms with van der Waals surface area (Å²) in [5.74, 6) is -0.757. The Balaban J connectivity index is 2.06. The normalized spacial score (nSPS) is 12.0. The molecule has 0 aliphatic rings. The third kappa shape index (κ3) is 6.57. The number of likely N-dealkylation sites (N-methyl/N-ethyl adjacent to an activating group) is 1. The second-order valence-electron chi connectivity index (χ2n) is 8.83.